The second-order valence-corrected chi connectivity index (χ2v) is 5.48. The summed E-state index contributed by atoms with van der Waals surface area (Å²) in [6.07, 6.45) is 4.99. The maximum atomic E-state index is 12.7. The van der Waals surface area contributed by atoms with Crippen molar-refractivity contribution in [2.45, 2.75) is 45.6 Å². The summed E-state index contributed by atoms with van der Waals surface area (Å²) >= 11 is 0. The van der Waals surface area contributed by atoms with Crippen LogP contribution in [0.15, 0.2) is 41.5 Å². The molecule has 0 bridgehead atoms. The number of carbonyl (C=O) groups excluding carboxylic acids is 2. The van der Waals surface area contributed by atoms with Crippen LogP contribution in [-0.2, 0) is 9.59 Å². The minimum absolute atomic E-state index is 0.168. The van der Waals surface area contributed by atoms with E-state index in [4.69, 9.17) is 0 Å². The Kier molecular flexibility index (Phi) is 4.72. The summed E-state index contributed by atoms with van der Waals surface area (Å²) in [5.41, 5.74) is 1.93. The number of benzene rings is 1. The molecule has 0 atom stereocenters. The molecule has 1 saturated carbocycles. The van der Waals surface area contributed by atoms with Crippen LogP contribution in [0.4, 0.5) is 5.69 Å². The largest absolute Gasteiger partial charge is 0.305 e. The van der Waals surface area contributed by atoms with Gasteiger partial charge in [0.1, 0.15) is 0 Å². The van der Waals surface area contributed by atoms with Crippen LogP contribution in [0.5, 0.6) is 0 Å². The van der Waals surface area contributed by atoms with Crippen LogP contribution in [0.25, 0.3) is 0 Å². The van der Waals surface area contributed by atoms with Crippen molar-refractivity contribution >= 4 is 17.9 Å². The van der Waals surface area contributed by atoms with Crippen LogP contribution in [0.3, 0.4) is 0 Å². The Morgan fingerprint density at radius 2 is 1.75 bits per heavy atom. The van der Waals surface area contributed by atoms with Crippen LogP contribution in [-0.4, -0.2) is 18.2 Å². The van der Waals surface area contributed by atoms with Gasteiger partial charge in [0.15, 0.2) is 6.29 Å². The zero-order valence-electron chi connectivity index (χ0n) is 12.1. The summed E-state index contributed by atoms with van der Waals surface area (Å²) in [6, 6.07) is 9.86. The third kappa shape index (κ3) is 2.98. The molecule has 1 aliphatic rings. The second kappa shape index (κ2) is 6.51. The molecule has 1 aromatic carbocycles. The van der Waals surface area contributed by atoms with Gasteiger partial charge in [0.25, 0.3) is 5.91 Å². The lowest BCUT2D eigenvalue weighted by atomic mass is 10.1. The predicted molar refractivity (Wildman–Crippen MR) is 80.6 cm³/mol. The molecule has 1 aliphatic carbocycles. The van der Waals surface area contributed by atoms with Crippen molar-refractivity contribution < 1.29 is 9.59 Å². The molecule has 0 aromatic heterocycles. The first-order valence-corrected chi connectivity index (χ1v) is 7.16. The number of para-hydroxylation sites is 1. The van der Waals surface area contributed by atoms with Gasteiger partial charge in [0.2, 0.25) is 0 Å². The number of carbonyl (C=O) groups is 2. The molecule has 1 fully saturated rings. The lowest BCUT2D eigenvalue weighted by Gasteiger charge is -2.29. The molecule has 0 heterocycles. The Balaban J connectivity index is 2.39. The van der Waals surface area contributed by atoms with Gasteiger partial charge in [-0.2, -0.15) is 0 Å². The van der Waals surface area contributed by atoms with Crippen molar-refractivity contribution in [2.75, 3.05) is 4.90 Å². The molecule has 0 saturated heterocycles. The smallest absolute Gasteiger partial charge is 0.261 e. The van der Waals surface area contributed by atoms with Crippen molar-refractivity contribution in [1.29, 1.82) is 0 Å². The molecular weight excluding hydrogens is 250 g/mol. The van der Waals surface area contributed by atoms with E-state index in [9.17, 15) is 9.59 Å². The van der Waals surface area contributed by atoms with Gasteiger partial charge in [-0.25, -0.2) is 0 Å². The SMILES string of the molecule is CC(C)=C(C=O)C(=O)N(c1ccccc1)C1CCCC1. The van der Waals surface area contributed by atoms with Crippen molar-refractivity contribution in [3.05, 3.63) is 41.5 Å². The maximum absolute atomic E-state index is 12.7. The molecule has 3 heteroatoms. The number of anilines is 1. The van der Waals surface area contributed by atoms with E-state index in [-0.39, 0.29) is 17.5 Å². The van der Waals surface area contributed by atoms with Gasteiger partial charge in [-0.3, -0.25) is 9.59 Å². The summed E-state index contributed by atoms with van der Waals surface area (Å²) in [4.78, 5) is 25.8. The number of hydrogen-bond acceptors (Lipinski definition) is 2. The fourth-order valence-electron chi connectivity index (χ4n) is 2.76. The fourth-order valence-corrected chi connectivity index (χ4v) is 2.76. The lowest BCUT2D eigenvalue weighted by Crippen LogP contribution is -2.40. The van der Waals surface area contributed by atoms with Gasteiger partial charge >= 0.3 is 0 Å². The molecule has 106 valence electrons. The van der Waals surface area contributed by atoms with E-state index < -0.39 is 0 Å². The maximum Gasteiger partial charge on any atom is 0.261 e. The van der Waals surface area contributed by atoms with E-state index in [0.717, 1.165) is 36.9 Å². The molecule has 0 unspecified atom stereocenters. The minimum Gasteiger partial charge on any atom is -0.305 e. The van der Waals surface area contributed by atoms with E-state index >= 15 is 0 Å². The second-order valence-electron chi connectivity index (χ2n) is 5.48. The molecule has 0 N–H and O–H groups in total. The van der Waals surface area contributed by atoms with Crippen molar-refractivity contribution in [3.8, 4) is 0 Å². The molecule has 20 heavy (non-hydrogen) atoms. The van der Waals surface area contributed by atoms with Gasteiger partial charge in [0, 0.05) is 11.7 Å². The Hall–Kier alpha value is -1.90. The standard InChI is InChI=1S/C17H21NO2/c1-13(2)16(12-19)17(20)18(15-10-6-7-11-15)14-8-4-3-5-9-14/h3-5,8-9,12,15H,6-7,10-11H2,1-2H3. The van der Waals surface area contributed by atoms with Crippen LogP contribution in [0, 0.1) is 0 Å². The van der Waals surface area contributed by atoms with Crippen molar-refractivity contribution in [3.63, 3.8) is 0 Å². The van der Waals surface area contributed by atoms with E-state index in [1.54, 1.807) is 13.8 Å². The third-order valence-corrected chi connectivity index (χ3v) is 3.83. The Bertz CT molecular complexity index is 509. The number of aldehydes is 1. The predicted octanol–water partition coefficient (Wildman–Crippen LogP) is 3.50. The molecule has 1 amide bonds. The molecule has 1 aromatic rings. The van der Waals surface area contributed by atoms with Gasteiger partial charge < -0.3 is 4.90 Å². The van der Waals surface area contributed by atoms with Crippen LogP contribution in [0.1, 0.15) is 39.5 Å². The topological polar surface area (TPSA) is 37.4 Å². The monoisotopic (exact) mass is 271 g/mol. The minimum atomic E-state index is -0.168. The Morgan fingerprint density at radius 3 is 2.25 bits per heavy atom. The average molecular weight is 271 g/mol. The molecular formula is C17H21NO2. The molecule has 2 rings (SSSR count). The van der Waals surface area contributed by atoms with Gasteiger partial charge in [-0.1, -0.05) is 36.6 Å². The molecule has 0 radical (unpaired) electrons. The van der Waals surface area contributed by atoms with Gasteiger partial charge in [-0.05, 0) is 38.8 Å². The zero-order valence-corrected chi connectivity index (χ0v) is 12.1. The van der Waals surface area contributed by atoms with Crippen LogP contribution in [0.2, 0.25) is 0 Å². The van der Waals surface area contributed by atoms with Gasteiger partial charge in [0.05, 0.1) is 5.57 Å². The first-order valence-electron chi connectivity index (χ1n) is 7.16. The van der Waals surface area contributed by atoms with E-state index in [2.05, 4.69) is 0 Å². The van der Waals surface area contributed by atoms with E-state index in [1.807, 2.05) is 35.2 Å². The highest BCUT2D eigenvalue weighted by atomic mass is 16.2. The van der Waals surface area contributed by atoms with Crippen LogP contribution < -0.4 is 4.90 Å². The highest BCUT2D eigenvalue weighted by Gasteiger charge is 2.29. The van der Waals surface area contributed by atoms with E-state index in [0.29, 0.717) is 6.29 Å². The molecule has 0 spiro atoms. The summed E-state index contributed by atoms with van der Waals surface area (Å²) in [7, 11) is 0. The Morgan fingerprint density at radius 1 is 1.15 bits per heavy atom. The summed E-state index contributed by atoms with van der Waals surface area (Å²) < 4.78 is 0. The van der Waals surface area contributed by atoms with E-state index in [1.165, 1.54) is 0 Å². The summed E-state index contributed by atoms with van der Waals surface area (Å²) in [5, 5.41) is 0. The number of allylic oxidation sites excluding steroid dienone is 1. The van der Waals surface area contributed by atoms with Crippen LogP contribution >= 0.6 is 0 Å². The summed E-state index contributed by atoms with van der Waals surface area (Å²) in [5.74, 6) is -0.168. The first-order chi connectivity index (χ1) is 9.65. The highest BCUT2D eigenvalue weighted by Crippen LogP contribution is 2.29. The first kappa shape index (κ1) is 14.5. The highest BCUT2D eigenvalue weighted by molar-refractivity contribution is 6.18. The quantitative estimate of drug-likeness (QED) is 0.364. The van der Waals surface area contributed by atoms with Crippen molar-refractivity contribution in [1.82, 2.24) is 0 Å². The number of nitrogens with zero attached hydrogens (tertiary/aromatic N) is 1. The fraction of sp³-hybridized carbons (Fsp3) is 0.412. The average Bonchev–Trinajstić information content (AvgIpc) is 2.94. The number of hydrogen-bond donors (Lipinski definition) is 0. The number of rotatable bonds is 4. The molecule has 3 nitrogen and oxygen atoms in total. The lowest BCUT2D eigenvalue weighted by molar-refractivity contribution is -0.117. The van der Waals surface area contributed by atoms with Crippen molar-refractivity contribution in [2.24, 2.45) is 0 Å². The zero-order chi connectivity index (χ0) is 14.5. The number of amides is 1. The summed E-state index contributed by atoms with van der Waals surface area (Å²) in [6.45, 7) is 3.61. The molecule has 0 aliphatic heterocycles. The third-order valence-electron chi connectivity index (χ3n) is 3.83. The Labute approximate surface area is 120 Å². The normalized spacial score (nSPS) is 14.9. The van der Waals surface area contributed by atoms with Gasteiger partial charge in [-0.15, -0.1) is 0 Å².